The third-order valence-electron chi connectivity index (χ3n) is 1.65. The van der Waals surface area contributed by atoms with Crippen LogP contribution in [0, 0.1) is 0 Å². The Labute approximate surface area is 88.3 Å². The molecule has 1 aromatic rings. The predicted octanol–water partition coefficient (Wildman–Crippen LogP) is 1.54. The molecular weight excluding hydrogens is 227 g/mol. The molecule has 0 spiro atoms. The van der Waals surface area contributed by atoms with E-state index in [0.717, 1.165) is 12.3 Å². The number of carboxylic acids is 1. The van der Waals surface area contributed by atoms with Gasteiger partial charge in [-0.3, -0.25) is 0 Å². The van der Waals surface area contributed by atoms with Crippen LogP contribution in [0.4, 0.5) is 19.0 Å². The van der Waals surface area contributed by atoms with Crippen molar-refractivity contribution in [3.8, 4) is 0 Å². The van der Waals surface area contributed by atoms with E-state index in [0.29, 0.717) is 0 Å². The van der Waals surface area contributed by atoms with Gasteiger partial charge in [0, 0.05) is 6.54 Å². The van der Waals surface area contributed by atoms with E-state index >= 15 is 0 Å². The number of aromatic nitrogens is 2. The normalized spacial score (nSPS) is 11.2. The number of carbonyl (C=O) groups is 1. The van der Waals surface area contributed by atoms with Gasteiger partial charge >= 0.3 is 12.1 Å². The number of hydrogen-bond donors (Lipinski definition) is 2. The Balaban J connectivity index is 2.64. The SMILES string of the molecule is O=C(O)c1ccnnc1NCCC(F)(F)F. The van der Waals surface area contributed by atoms with Gasteiger partial charge in [-0.2, -0.15) is 18.3 Å². The van der Waals surface area contributed by atoms with Crippen LogP contribution in [0.1, 0.15) is 16.8 Å². The Morgan fingerprint density at radius 3 is 2.75 bits per heavy atom. The number of alkyl halides is 3. The van der Waals surface area contributed by atoms with Crippen LogP contribution in [0.5, 0.6) is 0 Å². The summed E-state index contributed by atoms with van der Waals surface area (Å²) in [5.74, 6) is -1.44. The summed E-state index contributed by atoms with van der Waals surface area (Å²) in [5.41, 5.74) is -0.211. The highest BCUT2D eigenvalue weighted by molar-refractivity contribution is 5.92. The molecule has 1 heterocycles. The summed E-state index contributed by atoms with van der Waals surface area (Å²) in [6.07, 6.45) is -4.21. The van der Waals surface area contributed by atoms with Crippen LogP contribution >= 0.6 is 0 Å². The van der Waals surface area contributed by atoms with Crippen LogP contribution in [0.15, 0.2) is 12.3 Å². The molecule has 0 bridgehead atoms. The van der Waals surface area contributed by atoms with Crippen molar-refractivity contribution < 1.29 is 23.1 Å². The molecule has 0 fully saturated rings. The van der Waals surface area contributed by atoms with Crippen molar-refractivity contribution in [3.63, 3.8) is 0 Å². The monoisotopic (exact) mass is 235 g/mol. The molecule has 0 amide bonds. The second kappa shape index (κ2) is 4.77. The van der Waals surface area contributed by atoms with Crippen molar-refractivity contribution >= 4 is 11.8 Å². The minimum atomic E-state index is -4.29. The fraction of sp³-hybridized carbons (Fsp3) is 0.375. The summed E-state index contributed by atoms with van der Waals surface area (Å²) in [4.78, 5) is 10.7. The zero-order valence-electron chi connectivity index (χ0n) is 7.95. The van der Waals surface area contributed by atoms with Gasteiger partial charge in [-0.15, -0.1) is 5.10 Å². The Morgan fingerprint density at radius 1 is 1.50 bits per heavy atom. The van der Waals surface area contributed by atoms with Gasteiger partial charge in [0.25, 0.3) is 0 Å². The van der Waals surface area contributed by atoms with Gasteiger partial charge in [-0.25, -0.2) is 4.79 Å². The molecule has 1 aromatic heterocycles. The fourth-order valence-corrected chi connectivity index (χ4v) is 0.958. The molecule has 2 N–H and O–H groups in total. The molecule has 0 aliphatic heterocycles. The first kappa shape index (κ1) is 12.2. The first-order chi connectivity index (χ1) is 7.40. The Morgan fingerprint density at radius 2 is 2.19 bits per heavy atom. The molecule has 0 saturated heterocycles. The summed E-state index contributed by atoms with van der Waals surface area (Å²) in [6, 6.07) is 1.16. The van der Waals surface area contributed by atoms with Crippen molar-refractivity contribution in [2.45, 2.75) is 12.6 Å². The van der Waals surface area contributed by atoms with Crippen LogP contribution < -0.4 is 5.32 Å². The number of nitrogens with zero attached hydrogens (tertiary/aromatic N) is 2. The average molecular weight is 235 g/mol. The van der Waals surface area contributed by atoms with E-state index in [4.69, 9.17) is 5.11 Å². The summed E-state index contributed by atoms with van der Waals surface area (Å²) in [6.45, 7) is -0.442. The molecule has 8 heteroatoms. The standard InChI is InChI=1S/C8H8F3N3O2/c9-8(10,11)2-4-12-6-5(7(15)16)1-3-13-14-6/h1,3H,2,4H2,(H,12,14)(H,15,16). The zero-order chi connectivity index (χ0) is 12.2. The highest BCUT2D eigenvalue weighted by atomic mass is 19.4. The summed E-state index contributed by atoms with van der Waals surface area (Å²) in [5, 5.41) is 17.8. The molecular formula is C8H8F3N3O2. The topological polar surface area (TPSA) is 75.1 Å². The number of anilines is 1. The number of halogens is 3. The Kier molecular flexibility index (Phi) is 3.64. The number of aromatic carboxylic acids is 1. The average Bonchev–Trinajstić information content (AvgIpc) is 2.16. The molecule has 0 unspecified atom stereocenters. The maximum Gasteiger partial charge on any atom is 0.390 e. The van der Waals surface area contributed by atoms with Crippen molar-refractivity contribution in [2.75, 3.05) is 11.9 Å². The van der Waals surface area contributed by atoms with Crippen LogP contribution in [0.25, 0.3) is 0 Å². The highest BCUT2D eigenvalue weighted by Crippen LogP contribution is 2.19. The first-order valence-electron chi connectivity index (χ1n) is 4.26. The number of carboxylic acid groups (broad SMARTS) is 1. The summed E-state index contributed by atoms with van der Waals surface area (Å²) in [7, 11) is 0. The number of nitrogens with one attached hydrogen (secondary N) is 1. The maximum atomic E-state index is 11.8. The van der Waals surface area contributed by atoms with Crippen molar-refractivity contribution in [1.29, 1.82) is 0 Å². The maximum absolute atomic E-state index is 11.8. The molecule has 5 nitrogen and oxygen atoms in total. The lowest BCUT2D eigenvalue weighted by molar-refractivity contribution is -0.131. The van der Waals surface area contributed by atoms with Gasteiger partial charge < -0.3 is 10.4 Å². The van der Waals surface area contributed by atoms with E-state index < -0.39 is 25.1 Å². The number of hydrogen-bond acceptors (Lipinski definition) is 4. The molecule has 16 heavy (non-hydrogen) atoms. The smallest absolute Gasteiger partial charge is 0.390 e. The second-order valence-corrected chi connectivity index (χ2v) is 2.89. The van der Waals surface area contributed by atoms with Gasteiger partial charge in [0.2, 0.25) is 0 Å². The fourth-order valence-electron chi connectivity index (χ4n) is 0.958. The van der Waals surface area contributed by atoms with Gasteiger partial charge in [0.15, 0.2) is 5.82 Å². The van der Waals surface area contributed by atoms with Gasteiger partial charge in [-0.1, -0.05) is 0 Å². The minimum absolute atomic E-state index is 0.167. The van der Waals surface area contributed by atoms with E-state index in [1.54, 1.807) is 0 Å². The van der Waals surface area contributed by atoms with Crippen LogP contribution in [0.2, 0.25) is 0 Å². The Bertz CT molecular complexity index is 381. The molecule has 1 rings (SSSR count). The Hall–Kier alpha value is -1.86. The minimum Gasteiger partial charge on any atom is -0.478 e. The lowest BCUT2D eigenvalue weighted by Crippen LogP contribution is -2.17. The van der Waals surface area contributed by atoms with E-state index in [1.807, 2.05) is 0 Å². The number of rotatable bonds is 4. The van der Waals surface area contributed by atoms with E-state index in [9.17, 15) is 18.0 Å². The predicted molar refractivity (Wildman–Crippen MR) is 48.2 cm³/mol. The van der Waals surface area contributed by atoms with Crippen LogP contribution in [-0.2, 0) is 0 Å². The lowest BCUT2D eigenvalue weighted by atomic mass is 10.3. The largest absolute Gasteiger partial charge is 0.478 e. The first-order valence-corrected chi connectivity index (χ1v) is 4.26. The third kappa shape index (κ3) is 3.71. The molecule has 0 aromatic carbocycles. The van der Waals surface area contributed by atoms with Crippen LogP contribution in [0.3, 0.4) is 0 Å². The quantitative estimate of drug-likeness (QED) is 0.827. The summed E-state index contributed by atoms with van der Waals surface area (Å²) < 4.78 is 35.5. The van der Waals surface area contributed by atoms with E-state index in [-0.39, 0.29) is 11.4 Å². The molecule has 0 saturated carbocycles. The highest BCUT2D eigenvalue weighted by Gasteiger charge is 2.26. The molecule has 0 aliphatic rings. The van der Waals surface area contributed by atoms with Gasteiger partial charge in [0.05, 0.1) is 12.6 Å². The molecule has 0 atom stereocenters. The van der Waals surface area contributed by atoms with Crippen molar-refractivity contribution in [2.24, 2.45) is 0 Å². The van der Waals surface area contributed by atoms with Crippen molar-refractivity contribution in [1.82, 2.24) is 10.2 Å². The van der Waals surface area contributed by atoms with Crippen molar-refractivity contribution in [3.05, 3.63) is 17.8 Å². The zero-order valence-corrected chi connectivity index (χ0v) is 7.95. The van der Waals surface area contributed by atoms with Gasteiger partial charge in [-0.05, 0) is 6.07 Å². The molecule has 88 valence electrons. The van der Waals surface area contributed by atoms with E-state index in [2.05, 4.69) is 15.5 Å². The molecule has 0 aliphatic carbocycles. The second-order valence-electron chi connectivity index (χ2n) is 2.89. The van der Waals surface area contributed by atoms with Crippen LogP contribution in [-0.4, -0.2) is 34.0 Å². The summed E-state index contributed by atoms with van der Waals surface area (Å²) >= 11 is 0. The third-order valence-corrected chi connectivity index (χ3v) is 1.65. The lowest BCUT2D eigenvalue weighted by Gasteiger charge is -2.08. The molecule has 0 radical (unpaired) electrons. The van der Waals surface area contributed by atoms with Gasteiger partial charge in [0.1, 0.15) is 5.56 Å². The van der Waals surface area contributed by atoms with E-state index in [1.165, 1.54) is 0 Å².